The van der Waals surface area contributed by atoms with Crippen molar-refractivity contribution in [1.82, 2.24) is 25.2 Å². The Kier molecular flexibility index (Phi) is 6.30. The van der Waals surface area contributed by atoms with Gasteiger partial charge in [0.2, 0.25) is 5.91 Å². The first-order valence-corrected chi connectivity index (χ1v) is 10.3. The number of carbonyl (C=O) groups is 2. The summed E-state index contributed by atoms with van der Waals surface area (Å²) in [7, 11) is 0. The van der Waals surface area contributed by atoms with Crippen LogP contribution in [0, 0.1) is 5.82 Å². The summed E-state index contributed by atoms with van der Waals surface area (Å²) in [6.07, 6.45) is 4.75. The molecule has 168 valence electrons. The van der Waals surface area contributed by atoms with Crippen molar-refractivity contribution in [2.24, 2.45) is 0 Å². The Bertz CT molecular complexity index is 1380. The van der Waals surface area contributed by atoms with Crippen LogP contribution in [0.5, 0.6) is 0 Å². The minimum Gasteiger partial charge on any atom is -0.361 e. The van der Waals surface area contributed by atoms with E-state index in [0.29, 0.717) is 28.7 Å². The van der Waals surface area contributed by atoms with Gasteiger partial charge in [-0.2, -0.15) is 0 Å². The van der Waals surface area contributed by atoms with Gasteiger partial charge in [-0.3, -0.25) is 19.4 Å². The van der Waals surface area contributed by atoms with E-state index in [1.807, 2.05) is 6.07 Å². The summed E-state index contributed by atoms with van der Waals surface area (Å²) < 4.78 is 16.0. The van der Waals surface area contributed by atoms with Crippen LogP contribution < -0.4 is 16.2 Å². The molecule has 33 heavy (non-hydrogen) atoms. The van der Waals surface area contributed by atoms with Gasteiger partial charge in [-0.15, -0.1) is 0 Å². The second-order valence-corrected chi connectivity index (χ2v) is 7.61. The number of carbonyl (C=O) groups excluding carboxylic acids is 2. The first-order valence-electron chi connectivity index (χ1n) is 10.3. The standard InChI is InChI=1S/C24H22FN5O3/c1-15(31)27-12-19-5-2-16(10-28-19)13-30-14-18(4-7-22(30)32)24(33)29-11-17-3-6-21-20(23(17)25)8-9-26-21/h2-10,14,26H,11-13H2,1H3,(H,27,31)(H,29,33). The summed E-state index contributed by atoms with van der Waals surface area (Å²) in [4.78, 5) is 43.1. The summed E-state index contributed by atoms with van der Waals surface area (Å²) in [5.41, 5.74) is 2.54. The van der Waals surface area contributed by atoms with E-state index >= 15 is 0 Å². The van der Waals surface area contributed by atoms with Crippen LogP contribution in [-0.2, 0) is 24.4 Å². The Morgan fingerprint density at radius 1 is 1.06 bits per heavy atom. The minimum atomic E-state index is -0.416. The highest BCUT2D eigenvalue weighted by molar-refractivity contribution is 5.93. The SMILES string of the molecule is CC(=O)NCc1ccc(Cn2cc(C(=O)NCc3ccc4[nH]ccc4c3F)ccc2=O)cn1. The van der Waals surface area contributed by atoms with Gasteiger partial charge in [-0.05, 0) is 29.8 Å². The highest BCUT2D eigenvalue weighted by Crippen LogP contribution is 2.20. The van der Waals surface area contributed by atoms with Gasteiger partial charge in [0.25, 0.3) is 11.5 Å². The molecule has 0 aliphatic heterocycles. The molecule has 8 nitrogen and oxygen atoms in total. The molecular weight excluding hydrogens is 425 g/mol. The number of halogens is 1. The fraction of sp³-hybridized carbons (Fsp3) is 0.167. The molecule has 0 saturated heterocycles. The first kappa shape index (κ1) is 21.9. The highest BCUT2D eigenvalue weighted by Gasteiger charge is 2.12. The van der Waals surface area contributed by atoms with Crippen molar-refractivity contribution >= 4 is 22.7 Å². The van der Waals surface area contributed by atoms with Gasteiger partial charge in [0.05, 0.1) is 24.3 Å². The molecule has 4 aromatic rings. The molecule has 4 rings (SSSR count). The number of H-pyrrole nitrogens is 1. The summed E-state index contributed by atoms with van der Waals surface area (Å²) >= 11 is 0. The van der Waals surface area contributed by atoms with Crippen LogP contribution in [0.1, 0.15) is 34.1 Å². The van der Waals surface area contributed by atoms with E-state index in [-0.39, 0.29) is 35.9 Å². The number of nitrogens with zero attached hydrogens (tertiary/aromatic N) is 2. The number of fused-ring (bicyclic) bond motifs is 1. The number of rotatable bonds is 7. The van der Waals surface area contributed by atoms with E-state index in [9.17, 15) is 18.8 Å². The Morgan fingerprint density at radius 2 is 1.91 bits per heavy atom. The molecule has 0 fully saturated rings. The third-order valence-electron chi connectivity index (χ3n) is 5.19. The van der Waals surface area contributed by atoms with Crippen molar-refractivity contribution in [1.29, 1.82) is 0 Å². The molecule has 0 aliphatic carbocycles. The van der Waals surface area contributed by atoms with E-state index < -0.39 is 5.91 Å². The number of pyridine rings is 2. The molecule has 9 heteroatoms. The number of hydrogen-bond donors (Lipinski definition) is 3. The Morgan fingerprint density at radius 3 is 2.67 bits per heavy atom. The number of aromatic nitrogens is 3. The van der Waals surface area contributed by atoms with Crippen molar-refractivity contribution < 1.29 is 14.0 Å². The molecule has 0 radical (unpaired) electrons. The van der Waals surface area contributed by atoms with Gasteiger partial charge in [-0.1, -0.05) is 12.1 Å². The number of amides is 2. The lowest BCUT2D eigenvalue weighted by atomic mass is 10.1. The minimum absolute atomic E-state index is 0.0184. The molecule has 0 saturated carbocycles. The zero-order chi connectivity index (χ0) is 23.4. The maximum Gasteiger partial charge on any atom is 0.253 e. The molecular formula is C24H22FN5O3. The Hall–Kier alpha value is -4.27. The lowest BCUT2D eigenvalue weighted by molar-refractivity contribution is -0.119. The third-order valence-corrected chi connectivity index (χ3v) is 5.19. The molecule has 3 N–H and O–H groups in total. The molecule has 0 atom stereocenters. The summed E-state index contributed by atoms with van der Waals surface area (Å²) in [6, 6.07) is 11.4. The van der Waals surface area contributed by atoms with E-state index in [1.54, 1.807) is 36.7 Å². The lowest BCUT2D eigenvalue weighted by Crippen LogP contribution is -2.27. The lowest BCUT2D eigenvalue weighted by Gasteiger charge is -2.10. The van der Waals surface area contributed by atoms with Crippen molar-refractivity contribution in [3.63, 3.8) is 0 Å². The van der Waals surface area contributed by atoms with E-state index in [2.05, 4.69) is 20.6 Å². The van der Waals surface area contributed by atoms with E-state index in [1.165, 1.54) is 29.8 Å². The number of aromatic amines is 1. The average molecular weight is 447 g/mol. The summed E-state index contributed by atoms with van der Waals surface area (Å²) in [6.45, 7) is 2.00. The molecule has 0 aliphatic rings. The second kappa shape index (κ2) is 9.47. The van der Waals surface area contributed by atoms with Crippen molar-refractivity contribution in [3.8, 4) is 0 Å². The smallest absolute Gasteiger partial charge is 0.253 e. The van der Waals surface area contributed by atoms with Crippen LogP contribution in [0.15, 0.2) is 65.8 Å². The molecule has 0 spiro atoms. The molecule has 2 amide bonds. The van der Waals surface area contributed by atoms with Gasteiger partial charge in [0.15, 0.2) is 0 Å². The Balaban J connectivity index is 1.43. The van der Waals surface area contributed by atoms with Crippen LogP contribution in [0.2, 0.25) is 0 Å². The zero-order valence-electron chi connectivity index (χ0n) is 17.9. The quantitative estimate of drug-likeness (QED) is 0.404. The second-order valence-electron chi connectivity index (χ2n) is 7.61. The summed E-state index contributed by atoms with van der Waals surface area (Å²) in [5, 5.41) is 5.84. The largest absolute Gasteiger partial charge is 0.361 e. The van der Waals surface area contributed by atoms with Crippen molar-refractivity contribution in [2.45, 2.75) is 26.6 Å². The number of benzene rings is 1. The van der Waals surface area contributed by atoms with Gasteiger partial charge in [0.1, 0.15) is 5.82 Å². The van der Waals surface area contributed by atoms with Crippen LogP contribution in [0.4, 0.5) is 4.39 Å². The van der Waals surface area contributed by atoms with E-state index in [0.717, 1.165) is 5.56 Å². The number of hydrogen-bond acceptors (Lipinski definition) is 4. The molecule has 3 heterocycles. The fourth-order valence-corrected chi connectivity index (χ4v) is 3.41. The zero-order valence-corrected chi connectivity index (χ0v) is 17.9. The monoisotopic (exact) mass is 447 g/mol. The van der Waals surface area contributed by atoms with Crippen LogP contribution in [0.3, 0.4) is 0 Å². The molecule has 0 unspecified atom stereocenters. The topological polar surface area (TPSA) is 109 Å². The van der Waals surface area contributed by atoms with Gasteiger partial charge in [-0.25, -0.2) is 4.39 Å². The predicted octanol–water partition coefficient (Wildman–Crippen LogP) is 2.48. The summed E-state index contributed by atoms with van der Waals surface area (Å²) in [5.74, 6) is -0.940. The molecule has 0 bridgehead atoms. The number of nitrogens with one attached hydrogen (secondary N) is 3. The molecule has 3 aromatic heterocycles. The average Bonchev–Trinajstić information content (AvgIpc) is 3.29. The molecule has 1 aromatic carbocycles. The van der Waals surface area contributed by atoms with Gasteiger partial charge >= 0.3 is 0 Å². The van der Waals surface area contributed by atoms with Crippen LogP contribution in [0.25, 0.3) is 10.9 Å². The van der Waals surface area contributed by atoms with E-state index in [4.69, 9.17) is 0 Å². The van der Waals surface area contributed by atoms with Gasteiger partial charge < -0.3 is 20.2 Å². The normalized spacial score (nSPS) is 10.8. The van der Waals surface area contributed by atoms with Crippen molar-refractivity contribution in [3.05, 3.63) is 99.6 Å². The van der Waals surface area contributed by atoms with Crippen LogP contribution >= 0.6 is 0 Å². The maximum absolute atomic E-state index is 14.6. The van der Waals surface area contributed by atoms with Crippen LogP contribution in [-0.4, -0.2) is 26.3 Å². The first-order chi connectivity index (χ1) is 15.9. The predicted molar refractivity (Wildman–Crippen MR) is 121 cm³/mol. The third kappa shape index (κ3) is 5.15. The maximum atomic E-state index is 14.6. The van der Waals surface area contributed by atoms with Crippen molar-refractivity contribution in [2.75, 3.05) is 0 Å². The van der Waals surface area contributed by atoms with Gasteiger partial charge in [0, 0.05) is 54.6 Å². The Labute approximate surface area is 188 Å². The highest BCUT2D eigenvalue weighted by atomic mass is 19.1. The fourth-order valence-electron chi connectivity index (χ4n) is 3.41.